The van der Waals surface area contributed by atoms with Crippen molar-refractivity contribution < 1.29 is 14.7 Å². The third-order valence-electron chi connectivity index (χ3n) is 7.57. The molecule has 0 bridgehead atoms. The lowest BCUT2D eigenvalue weighted by atomic mass is 9.93. The number of carboxylic acid groups (broad SMARTS) is 1. The number of nitrogens with zero attached hydrogens (tertiary/aromatic N) is 3. The number of piperazine rings is 1. The van der Waals surface area contributed by atoms with E-state index in [1.165, 1.54) is 12.8 Å². The van der Waals surface area contributed by atoms with Crippen molar-refractivity contribution in [2.24, 2.45) is 0 Å². The van der Waals surface area contributed by atoms with E-state index in [2.05, 4.69) is 17.0 Å². The van der Waals surface area contributed by atoms with Gasteiger partial charge in [-0.1, -0.05) is 60.7 Å². The van der Waals surface area contributed by atoms with Gasteiger partial charge in [-0.15, -0.1) is 0 Å². The SMILES string of the molecule is O=C(O)CCc1cccc2c(-c3ncc(C(=O)N4CCN(C5CC5)CC4)c4ccccc34)cccc12. The molecule has 2 heterocycles. The number of aliphatic carboxylic acids is 1. The Morgan fingerprint density at radius 2 is 1.53 bits per heavy atom. The van der Waals surface area contributed by atoms with Crippen molar-refractivity contribution >= 4 is 33.4 Å². The van der Waals surface area contributed by atoms with Crippen LogP contribution in [-0.2, 0) is 11.2 Å². The van der Waals surface area contributed by atoms with Crippen LogP contribution in [0.4, 0.5) is 0 Å². The molecule has 36 heavy (non-hydrogen) atoms. The molecule has 6 nitrogen and oxygen atoms in total. The highest BCUT2D eigenvalue weighted by molar-refractivity contribution is 6.12. The highest BCUT2D eigenvalue weighted by atomic mass is 16.4. The molecule has 1 saturated heterocycles. The lowest BCUT2D eigenvalue weighted by Crippen LogP contribution is -2.49. The lowest BCUT2D eigenvalue weighted by molar-refractivity contribution is -0.136. The van der Waals surface area contributed by atoms with E-state index in [0.29, 0.717) is 12.0 Å². The first-order valence-corrected chi connectivity index (χ1v) is 12.7. The largest absolute Gasteiger partial charge is 0.481 e. The topological polar surface area (TPSA) is 73.7 Å². The molecule has 3 aromatic carbocycles. The first-order valence-electron chi connectivity index (χ1n) is 12.7. The van der Waals surface area contributed by atoms with Crippen molar-refractivity contribution in [1.29, 1.82) is 0 Å². The number of hydrogen-bond acceptors (Lipinski definition) is 4. The summed E-state index contributed by atoms with van der Waals surface area (Å²) < 4.78 is 0. The van der Waals surface area contributed by atoms with Crippen LogP contribution in [0, 0.1) is 0 Å². The molecule has 1 aliphatic heterocycles. The molecular weight excluding hydrogens is 450 g/mol. The summed E-state index contributed by atoms with van der Waals surface area (Å²) in [6.45, 7) is 3.40. The van der Waals surface area contributed by atoms with Gasteiger partial charge in [0.25, 0.3) is 5.91 Å². The van der Waals surface area contributed by atoms with Gasteiger partial charge in [0.15, 0.2) is 0 Å². The van der Waals surface area contributed by atoms with Crippen molar-refractivity contribution in [2.75, 3.05) is 26.2 Å². The Bertz CT molecular complexity index is 1470. The summed E-state index contributed by atoms with van der Waals surface area (Å²) in [5.41, 5.74) is 3.48. The molecule has 1 saturated carbocycles. The number of carboxylic acids is 1. The summed E-state index contributed by atoms with van der Waals surface area (Å²) in [6, 6.07) is 20.9. The Balaban J connectivity index is 1.38. The maximum atomic E-state index is 13.6. The number of rotatable bonds is 6. The van der Waals surface area contributed by atoms with Gasteiger partial charge in [0.05, 0.1) is 11.3 Å². The fraction of sp³-hybridized carbons (Fsp3) is 0.300. The maximum absolute atomic E-state index is 13.6. The van der Waals surface area contributed by atoms with E-state index in [9.17, 15) is 9.59 Å². The molecule has 1 aliphatic carbocycles. The summed E-state index contributed by atoms with van der Waals surface area (Å²) in [7, 11) is 0. The summed E-state index contributed by atoms with van der Waals surface area (Å²) in [5, 5.41) is 13.1. The van der Waals surface area contributed by atoms with E-state index in [4.69, 9.17) is 10.1 Å². The van der Waals surface area contributed by atoms with Crippen LogP contribution in [0.2, 0.25) is 0 Å². The van der Waals surface area contributed by atoms with Gasteiger partial charge in [-0.3, -0.25) is 19.5 Å². The predicted molar refractivity (Wildman–Crippen MR) is 141 cm³/mol. The number of pyridine rings is 1. The van der Waals surface area contributed by atoms with E-state index < -0.39 is 5.97 Å². The standard InChI is InChI=1S/C30H29N3O3/c34-28(35)14-11-20-5-3-9-23-22(20)8-4-10-26(23)29-25-7-2-1-6-24(25)27(19-31-29)30(36)33-17-15-32(16-18-33)21-12-13-21/h1-10,19,21H,11-18H2,(H,34,35). The quantitative estimate of drug-likeness (QED) is 0.422. The van der Waals surface area contributed by atoms with Crippen LogP contribution >= 0.6 is 0 Å². The summed E-state index contributed by atoms with van der Waals surface area (Å²) >= 11 is 0. The third-order valence-corrected chi connectivity index (χ3v) is 7.57. The Hall–Kier alpha value is -3.77. The number of amides is 1. The van der Waals surface area contributed by atoms with E-state index >= 15 is 0 Å². The second kappa shape index (κ2) is 9.36. The van der Waals surface area contributed by atoms with Crippen molar-refractivity contribution in [3.8, 4) is 11.3 Å². The van der Waals surface area contributed by atoms with Crippen LogP contribution in [0.1, 0.15) is 35.2 Å². The van der Waals surface area contributed by atoms with E-state index in [-0.39, 0.29) is 12.3 Å². The van der Waals surface area contributed by atoms with Crippen LogP contribution < -0.4 is 0 Å². The van der Waals surface area contributed by atoms with Crippen molar-refractivity contribution in [2.45, 2.75) is 31.7 Å². The van der Waals surface area contributed by atoms with E-state index in [1.807, 2.05) is 53.4 Å². The summed E-state index contributed by atoms with van der Waals surface area (Å²) in [6.07, 6.45) is 4.89. The molecule has 2 fully saturated rings. The Labute approximate surface area is 210 Å². The fourth-order valence-corrected chi connectivity index (χ4v) is 5.52. The molecule has 0 atom stereocenters. The number of carbonyl (C=O) groups excluding carboxylic acids is 1. The molecule has 0 unspecified atom stereocenters. The van der Waals surface area contributed by atoms with Crippen LogP contribution in [0.15, 0.2) is 66.9 Å². The predicted octanol–water partition coefficient (Wildman–Crippen LogP) is 4.99. The average Bonchev–Trinajstić information content (AvgIpc) is 3.76. The van der Waals surface area contributed by atoms with Gasteiger partial charge in [0.1, 0.15) is 0 Å². The van der Waals surface area contributed by atoms with Crippen LogP contribution in [0.5, 0.6) is 0 Å². The first-order chi connectivity index (χ1) is 17.6. The molecule has 4 aromatic rings. The number of benzene rings is 3. The first kappa shape index (κ1) is 22.7. The third kappa shape index (κ3) is 4.22. The molecule has 6 heteroatoms. The van der Waals surface area contributed by atoms with Crippen molar-refractivity contribution in [3.63, 3.8) is 0 Å². The Morgan fingerprint density at radius 1 is 0.833 bits per heavy atom. The monoisotopic (exact) mass is 479 g/mol. The molecular formula is C30H29N3O3. The second-order valence-electron chi connectivity index (χ2n) is 9.84. The zero-order valence-corrected chi connectivity index (χ0v) is 20.2. The minimum atomic E-state index is -0.801. The number of hydrogen-bond donors (Lipinski definition) is 1. The molecule has 1 aromatic heterocycles. The summed E-state index contributed by atoms with van der Waals surface area (Å²) in [5.74, 6) is -0.750. The normalized spacial score (nSPS) is 16.5. The number of fused-ring (bicyclic) bond motifs is 2. The Kier molecular flexibility index (Phi) is 5.89. The number of aromatic nitrogens is 1. The van der Waals surface area contributed by atoms with Crippen LogP contribution in [0.3, 0.4) is 0 Å². The van der Waals surface area contributed by atoms with Gasteiger partial charge in [-0.2, -0.15) is 0 Å². The van der Waals surface area contributed by atoms with Crippen molar-refractivity contribution in [1.82, 2.24) is 14.8 Å². The van der Waals surface area contributed by atoms with Gasteiger partial charge in [-0.25, -0.2) is 0 Å². The van der Waals surface area contributed by atoms with E-state index in [1.54, 1.807) is 6.20 Å². The molecule has 6 rings (SSSR count). The molecule has 2 aliphatic rings. The van der Waals surface area contributed by atoms with Gasteiger partial charge in [-0.05, 0) is 41.0 Å². The van der Waals surface area contributed by atoms with Gasteiger partial charge in [0, 0.05) is 55.8 Å². The van der Waals surface area contributed by atoms with Crippen LogP contribution in [0.25, 0.3) is 32.8 Å². The minimum absolute atomic E-state index is 0.0505. The van der Waals surface area contributed by atoms with Crippen molar-refractivity contribution in [3.05, 3.63) is 78.0 Å². The molecule has 1 amide bonds. The smallest absolute Gasteiger partial charge is 0.303 e. The molecule has 0 spiro atoms. The molecule has 0 radical (unpaired) electrons. The second-order valence-corrected chi connectivity index (χ2v) is 9.84. The number of aryl methyl sites for hydroxylation is 1. The fourth-order valence-electron chi connectivity index (χ4n) is 5.52. The molecule has 1 N–H and O–H groups in total. The molecule has 182 valence electrons. The van der Waals surface area contributed by atoms with Gasteiger partial charge in [0.2, 0.25) is 0 Å². The highest BCUT2D eigenvalue weighted by Crippen LogP contribution is 2.35. The Morgan fingerprint density at radius 3 is 2.28 bits per heavy atom. The van der Waals surface area contributed by atoms with Gasteiger partial charge < -0.3 is 10.0 Å². The zero-order chi connectivity index (χ0) is 24.6. The maximum Gasteiger partial charge on any atom is 0.303 e. The highest BCUT2D eigenvalue weighted by Gasteiger charge is 2.33. The lowest BCUT2D eigenvalue weighted by Gasteiger charge is -2.35. The summed E-state index contributed by atoms with van der Waals surface area (Å²) in [4.78, 5) is 34.0. The van der Waals surface area contributed by atoms with Gasteiger partial charge >= 0.3 is 5.97 Å². The van der Waals surface area contributed by atoms with Crippen LogP contribution in [-0.4, -0.2) is 64.0 Å². The minimum Gasteiger partial charge on any atom is -0.481 e. The zero-order valence-electron chi connectivity index (χ0n) is 20.2. The van der Waals surface area contributed by atoms with E-state index in [0.717, 1.165) is 70.6 Å². The average molecular weight is 480 g/mol. The number of carbonyl (C=O) groups is 2.